The predicted molar refractivity (Wildman–Crippen MR) is 61.9 cm³/mol. The molecule has 1 aromatic carbocycles. The molecule has 1 N–H and O–H groups in total. The van der Waals surface area contributed by atoms with Crippen molar-refractivity contribution in [1.82, 2.24) is 0 Å². The van der Waals surface area contributed by atoms with Gasteiger partial charge in [-0.2, -0.15) is 0 Å². The number of rotatable bonds is 1. The topological polar surface area (TPSA) is 72.2 Å². The number of nitrogens with one attached hydrogen (secondary N) is 1. The Balaban J connectivity index is 2.12. The Labute approximate surface area is 98.0 Å². The number of nitro benzene ring substituents is 1. The summed E-state index contributed by atoms with van der Waals surface area (Å²) in [4.78, 5) is 22.3. The zero-order valence-corrected chi connectivity index (χ0v) is 9.23. The van der Waals surface area contributed by atoms with E-state index in [-0.39, 0.29) is 11.6 Å². The van der Waals surface area contributed by atoms with E-state index in [0.29, 0.717) is 5.69 Å². The number of fused-ring (bicyclic) bond motifs is 2. The third-order valence-electron chi connectivity index (χ3n) is 3.87. The molecule has 0 saturated heterocycles. The van der Waals surface area contributed by atoms with Crippen molar-refractivity contribution in [2.24, 2.45) is 0 Å². The van der Waals surface area contributed by atoms with Crippen molar-refractivity contribution in [3.8, 4) is 0 Å². The van der Waals surface area contributed by atoms with Gasteiger partial charge in [-0.25, -0.2) is 0 Å². The van der Waals surface area contributed by atoms with Gasteiger partial charge in [-0.3, -0.25) is 14.9 Å². The van der Waals surface area contributed by atoms with Gasteiger partial charge in [-0.1, -0.05) is 12.8 Å². The lowest BCUT2D eigenvalue weighted by molar-refractivity contribution is -0.384. The largest absolute Gasteiger partial charge is 0.325 e. The fourth-order valence-corrected chi connectivity index (χ4v) is 3.01. The quantitative estimate of drug-likeness (QED) is 0.596. The zero-order chi connectivity index (χ0) is 12.0. The van der Waals surface area contributed by atoms with Crippen LogP contribution in [0.2, 0.25) is 0 Å². The number of benzene rings is 1. The summed E-state index contributed by atoms with van der Waals surface area (Å²) in [7, 11) is 0. The van der Waals surface area contributed by atoms with E-state index < -0.39 is 10.3 Å². The number of carbonyl (C=O) groups is 1. The number of carbonyl (C=O) groups excluding carboxylic acids is 1. The van der Waals surface area contributed by atoms with Crippen molar-refractivity contribution in [1.29, 1.82) is 0 Å². The van der Waals surface area contributed by atoms with Crippen LogP contribution >= 0.6 is 0 Å². The van der Waals surface area contributed by atoms with E-state index >= 15 is 0 Å². The highest BCUT2D eigenvalue weighted by atomic mass is 16.6. The van der Waals surface area contributed by atoms with Crippen molar-refractivity contribution >= 4 is 17.3 Å². The molecular formula is C12H12N2O3. The molecule has 5 heteroatoms. The number of nitrogens with zero attached hydrogens (tertiary/aromatic N) is 1. The van der Waals surface area contributed by atoms with Gasteiger partial charge < -0.3 is 5.32 Å². The van der Waals surface area contributed by atoms with Crippen LogP contribution in [0, 0.1) is 10.1 Å². The number of non-ortho nitro benzene ring substituents is 1. The van der Waals surface area contributed by atoms with Gasteiger partial charge in [0.2, 0.25) is 5.91 Å². The fourth-order valence-electron chi connectivity index (χ4n) is 3.01. The molecule has 1 aliphatic carbocycles. The molecule has 1 aliphatic heterocycles. The van der Waals surface area contributed by atoms with Crippen molar-refractivity contribution in [2.75, 3.05) is 5.32 Å². The smallest absolute Gasteiger partial charge is 0.271 e. The Hall–Kier alpha value is -1.91. The van der Waals surface area contributed by atoms with Gasteiger partial charge in [0.25, 0.3) is 5.69 Å². The number of hydrogen-bond acceptors (Lipinski definition) is 3. The minimum Gasteiger partial charge on any atom is -0.325 e. The molecule has 0 aromatic heterocycles. The van der Waals surface area contributed by atoms with Crippen LogP contribution in [0.4, 0.5) is 11.4 Å². The molecule has 1 aromatic rings. The predicted octanol–water partition coefficient (Wildman–Crippen LogP) is 2.36. The summed E-state index contributed by atoms with van der Waals surface area (Å²) in [6, 6.07) is 4.68. The van der Waals surface area contributed by atoms with Crippen LogP contribution in [0.5, 0.6) is 0 Å². The highest BCUT2D eigenvalue weighted by Crippen LogP contribution is 2.49. The molecule has 0 atom stereocenters. The molecule has 3 rings (SSSR count). The van der Waals surface area contributed by atoms with Gasteiger partial charge >= 0.3 is 0 Å². The monoisotopic (exact) mass is 232 g/mol. The molecule has 1 fully saturated rings. The molecule has 1 heterocycles. The van der Waals surface area contributed by atoms with E-state index in [2.05, 4.69) is 5.32 Å². The molecule has 0 radical (unpaired) electrons. The highest BCUT2D eigenvalue weighted by Gasteiger charge is 2.48. The van der Waals surface area contributed by atoms with Crippen molar-refractivity contribution in [3.05, 3.63) is 33.9 Å². The van der Waals surface area contributed by atoms with Gasteiger partial charge in [0.1, 0.15) is 0 Å². The maximum Gasteiger partial charge on any atom is 0.271 e. The Bertz CT molecular complexity index is 518. The first-order valence-electron chi connectivity index (χ1n) is 5.74. The highest BCUT2D eigenvalue weighted by molar-refractivity contribution is 6.06. The first kappa shape index (κ1) is 10.3. The SMILES string of the molecule is O=C1Nc2cc([N+](=O)[O-])ccc2C12CCCC2. The lowest BCUT2D eigenvalue weighted by Crippen LogP contribution is -2.30. The van der Waals surface area contributed by atoms with Crippen molar-refractivity contribution in [3.63, 3.8) is 0 Å². The maximum absolute atomic E-state index is 12.1. The summed E-state index contributed by atoms with van der Waals surface area (Å²) in [5, 5.41) is 13.5. The Morgan fingerprint density at radius 2 is 2.00 bits per heavy atom. The molecule has 5 nitrogen and oxygen atoms in total. The summed E-state index contributed by atoms with van der Waals surface area (Å²) in [5.41, 5.74) is 1.17. The molecule has 1 amide bonds. The van der Waals surface area contributed by atoms with E-state index in [1.807, 2.05) is 0 Å². The number of amides is 1. The summed E-state index contributed by atoms with van der Waals surface area (Å²) in [5.74, 6) is 0.00509. The Morgan fingerprint density at radius 1 is 1.29 bits per heavy atom. The average Bonchev–Trinajstić information content (AvgIpc) is 2.87. The summed E-state index contributed by atoms with van der Waals surface area (Å²) in [6.07, 6.45) is 3.79. The van der Waals surface area contributed by atoms with Crippen LogP contribution in [-0.4, -0.2) is 10.8 Å². The lowest BCUT2D eigenvalue weighted by atomic mass is 9.80. The van der Waals surface area contributed by atoms with Crippen molar-refractivity contribution < 1.29 is 9.72 Å². The second-order valence-corrected chi connectivity index (χ2v) is 4.73. The van der Waals surface area contributed by atoms with E-state index in [1.165, 1.54) is 12.1 Å². The fraction of sp³-hybridized carbons (Fsp3) is 0.417. The molecule has 88 valence electrons. The first-order valence-corrected chi connectivity index (χ1v) is 5.74. The van der Waals surface area contributed by atoms with Crippen LogP contribution in [0.1, 0.15) is 31.2 Å². The Kier molecular flexibility index (Phi) is 1.98. The maximum atomic E-state index is 12.1. The number of anilines is 1. The molecule has 0 bridgehead atoms. The molecule has 1 spiro atoms. The van der Waals surface area contributed by atoms with E-state index in [0.717, 1.165) is 31.2 Å². The van der Waals surface area contributed by atoms with Crippen LogP contribution in [0.15, 0.2) is 18.2 Å². The first-order chi connectivity index (χ1) is 8.13. The number of hydrogen-bond donors (Lipinski definition) is 1. The minimum absolute atomic E-state index is 0.00509. The van der Waals surface area contributed by atoms with Gasteiger partial charge in [0.05, 0.1) is 16.0 Å². The average molecular weight is 232 g/mol. The lowest BCUT2D eigenvalue weighted by Gasteiger charge is -2.20. The van der Waals surface area contributed by atoms with E-state index in [1.54, 1.807) is 6.07 Å². The number of nitro groups is 1. The zero-order valence-electron chi connectivity index (χ0n) is 9.23. The van der Waals surface area contributed by atoms with E-state index in [4.69, 9.17) is 0 Å². The van der Waals surface area contributed by atoms with Gasteiger partial charge in [0, 0.05) is 12.1 Å². The second kappa shape index (κ2) is 3.29. The van der Waals surface area contributed by atoms with Gasteiger partial charge in [-0.15, -0.1) is 0 Å². The van der Waals surface area contributed by atoms with Gasteiger partial charge in [0.15, 0.2) is 0 Å². The van der Waals surface area contributed by atoms with Crippen LogP contribution in [0.25, 0.3) is 0 Å². The van der Waals surface area contributed by atoms with Crippen LogP contribution < -0.4 is 5.32 Å². The molecule has 0 unspecified atom stereocenters. The van der Waals surface area contributed by atoms with E-state index in [9.17, 15) is 14.9 Å². The van der Waals surface area contributed by atoms with Crippen molar-refractivity contribution in [2.45, 2.75) is 31.1 Å². The summed E-state index contributed by atoms with van der Waals surface area (Å²) in [6.45, 7) is 0. The summed E-state index contributed by atoms with van der Waals surface area (Å²) >= 11 is 0. The third-order valence-corrected chi connectivity index (χ3v) is 3.87. The normalized spacial score (nSPS) is 20.4. The third kappa shape index (κ3) is 1.28. The molecule has 1 saturated carbocycles. The second-order valence-electron chi connectivity index (χ2n) is 4.73. The minimum atomic E-state index is -0.438. The van der Waals surface area contributed by atoms with Crippen LogP contribution in [-0.2, 0) is 10.2 Å². The Morgan fingerprint density at radius 3 is 2.65 bits per heavy atom. The molecular weight excluding hydrogens is 220 g/mol. The standard InChI is InChI=1S/C12H12N2O3/c15-11-12(5-1-2-6-12)9-4-3-8(14(16)17)7-10(9)13-11/h3-4,7H,1-2,5-6H2,(H,13,15). The molecule has 17 heavy (non-hydrogen) atoms. The van der Waals surface area contributed by atoms with Gasteiger partial charge in [-0.05, 0) is 24.5 Å². The summed E-state index contributed by atoms with van der Waals surface area (Å²) < 4.78 is 0. The van der Waals surface area contributed by atoms with Crippen LogP contribution in [0.3, 0.4) is 0 Å². The molecule has 2 aliphatic rings.